The van der Waals surface area contributed by atoms with Crippen molar-refractivity contribution in [3.05, 3.63) is 34.0 Å². The average Bonchev–Trinajstić information content (AvgIpc) is 3.19. The summed E-state index contributed by atoms with van der Waals surface area (Å²) in [5.41, 5.74) is 0. The molecule has 22 heavy (non-hydrogen) atoms. The van der Waals surface area contributed by atoms with E-state index in [1.54, 1.807) is 11.3 Å². The number of aromatic nitrogens is 3. The van der Waals surface area contributed by atoms with E-state index in [0.29, 0.717) is 31.9 Å². The first-order chi connectivity index (χ1) is 10.7. The maximum Gasteiger partial charge on any atom is 0.222 e. The van der Waals surface area contributed by atoms with Gasteiger partial charge in [0.25, 0.3) is 0 Å². The highest BCUT2D eigenvalue weighted by Gasteiger charge is 2.27. The van der Waals surface area contributed by atoms with Crippen LogP contribution in [0, 0.1) is 6.92 Å². The highest BCUT2D eigenvalue weighted by molar-refractivity contribution is 7.09. The zero-order valence-electron chi connectivity index (χ0n) is 12.6. The molecule has 0 radical (unpaired) electrons. The van der Waals surface area contributed by atoms with Crippen molar-refractivity contribution in [1.29, 1.82) is 0 Å². The molecule has 3 heterocycles. The number of rotatable bonds is 5. The predicted molar refractivity (Wildman–Crippen MR) is 83.6 cm³/mol. The van der Waals surface area contributed by atoms with E-state index in [0.717, 1.165) is 18.7 Å². The number of ether oxygens (including phenoxy) is 1. The van der Waals surface area contributed by atoms with Crippen LogP contribution in [0.25, 0.3) is 0 Å². The molecular formula is C15H20N4O2S. The van der Waals surface area contributed by atoms with Gasteiger partial charge in [-0.25, -0.2) is 4.98 Å². The Labute approximate surface area is 133 Å². The smallest absolute Gasteiger partial charge is 0.222 e. The molecule has 0 saturated carbocycles. The molecule has 1 atom stereocenters. The molecule has 0 spiro atoms. The van der Waals surface area contributed by atoms with Crippen LogP contribution >= 0.6 is 11.3 Å². The van der Waals surface area contributed by atoms with E-state index >= 15 is 0 Å². The summed E-state index contributed by atoms with van der Waals surface area (Å²) in [4.78, 5) is 19.8. The second-order valence-electron chi connectivity index (χ2n) is 5.41. The molecule has 1 aliphatic heterocycles. The van der Waals surface area contributed by atoms with Crippen molar-refractivity contribution in [3.63, 3.8) is 0 Å². The quantitative estimate of drug-likeness (QED) is 0.916. The summed E-state index contributed by atoms with van der Waals surface area (Å²) in [6.07, 6.45) is 2.22. The van der Waals surface area contributed by atoms with Gasteiger partial charge in [0, 0.05) is 17.8 Å². The molecule has 6 nitrogen and oxygen atoms in total. The maximum absolute atomic E-state index is 12.3. The number of aryl methyl sites for hydroxylation is 2. The number of amides is 1. The van der Waals surface area contributed by atoms with Crippen molar-refractivity contribution in [3.8, 4) is 0 Å². The van der Waals surface area contributed by atoms with Gasteiger partial charge in [0.05, 0.1) is 13.2 Å². The van der Waals surface area contributed by atoms with Crippen LogP contribution < -0.4 is 0 Å². The van der Waals surface area contributed by atoms with Crippen molar-refractivity contribution in [1.82, 2.24) is 20.1 Å². The molecule has 1 fully saturated rings. The molecule has 1 aliphatic rings. The van der Waals surface area contributed by atoms with Gasteiger partial charge in [-0.05, 0) is 31.2 Å². The summed E-state index contributed by atoms with van der Waals surface area (Å²) in [6, 6.07) is 4.17. The minimum atomic E-state index is -0.222. The molecule has 0 bridgehead atoms. The number of H-pyrrole nitrogens is 1. The van der Waals surface area contributed by atoms with Gasteiger partial charge < -0.3 is 9.64 Å². The molecule has 0 unspecified atom stereocenters. The Hall–Kier alpha value is -1.73. The summed E-state index contributed by atoms with van der Waals surface area (Å²) < 4.78 is 5.68. The van der Waals surface area contributed by atoms with E-state index in [9.17, 15) is 4.79 Å². The Morgan fingerprint density at radius 3 is 3.23 bits per heavy atom. The summed E-state index contributed by atoms with van der Waals surface area (Å²) in [6.45, 7) is 3.58. The van der Waals surface area contributed by atoms with Gasteiger partial charge in [0.1, 0.15) is 11.9 Å². The SMILES string of the molecule is Cc1nc([C@@H]2CN(C(=O)CCCc3cccs3)CCO2)n[nH]1. The largest absolute Gasteiger partial charge is 0.366 e. The number of carbonyl (C=O) groups excluding carboxylic acids is 1. The first kappa shape index (κ1) is 15.2. The molecule has 3 rings (SSSR count). The first-order valence-corrected chi connectivity index (χ1v) is 8.41. The fourth-order valence-electron chi connectivity index (χ4n) is 2.56. The molecule has 2 aromatic rings. The monoisotopic (exact) mass is 320 g/mol. The third-order valence-corrected chi connectivity index (χ3v) is 4.65. The predicted octanol–water partition coefficient (Wildman–Crippen LogP) is 2.10. The highest BCUT2D eigenvalue weighted by atomic mass is 32.1. The van der Waals surface area contributed by atoms with Gasteiger partial charge in [-0.1, -0.05) is 6.07 Å². The van der Waals surface area contributed by atoms with Crippen LogP contribution in [0.5, 0.6) is 0 Å². The van der Waals surface area contributed by atoms with Crippen LogP contribution in [-0.4, -0.2) is 45.7 Å². The first-order valence-electron chi connectivity index (χ1n) is 7.53. The Bertz CT molecular complexity index is 611. The molecule has 7 heteroatoms. The van der Waals surface area contributed by atoms with Crippen LogP contribution in [0.3, 0.4) is 0 Å². The fourth-order valence-corrected chi connectivity index (χ4v) is 3.31. The van der Waals surface area contributed by atoms with Crippen molar-refractivity contribution in [2.24, 2.45) is 0 Å². The molecule has 1 N–H and O–H groups in total. The molecule has 0 aromatic carbocycles. The van der Waals surface area contributed by atoms with E-state index in [1.807, 2.05) is 17.9 Å². The lowest BCUT2D eigenvalue weighted by atomic mass is 10.1. The highest BCUT2D eigenvalue weighted by Crippen LogP contribution is 2.20. The number of carbonyl (C=O) groups is 1. The number of morpholine rings is 1. The van der Waals surface area contributed by atoms with Gasteiger partial charge in [-0.15, -0.1) is 11.3 Å². The van der Waals surface area contributed by atoms with Gasteiger partial charge in [0.15, 0.2) is 5.82 Å². The van der Waals surface area contributed by atoms with Crippen molar-refractivity contribution >= 4 is 17.2 Å². The third kappa shape index (κ3) is 3.72. The zero-order chi connectivity index (χ0) is 15.4. The maximum atomic E-state index is 12.3. The van der Waals surface area contributed by atoms with E-state index in [4.69, 9.17) is 4.74 Å². The Kier molecular flexibility index (Phi) is 4.84. The zero-order valence-corrected chi connectivity index (χ0v) is 13.4. The Morgan fingerprint density at radius 1 is 1.59 bits per heavy atom. The molecule has 2 aromatic heterocycles. The van der Waals surface area contributed by atoms with Crippen LogP contribution in [0.2, 0.25) is 0 Å². The number of thiophene rings is 1. The summed E-state index contributed by atoms with van der Waals surface area (Å²) in [5, 5.41) is 9.02. The Morgan fingerprint density at radius 2 is 2.50 bits per heavy atom. The molecule has 118 valence electrons. The lowest BCUT2D eigenvalue weighted by molar-refractivity contribution is -0.139. The second kappa shape index (κ2) is 7.02. The lowest BCUT2D eigenvalue weighted by Crippen LogP contribution is -2.42. The van der Waals surface area contributed by atoms with Gasteiger partial charge >= 0.3 is 0 Å². The standard InChI is InChI=1S/C15H20N4O2S/c1-11-16-15(18-17-11)13-10-19(7-8-21-13)14(20)6-2-4-12-5-3-9-22-12/h3,5,9,13H,2,4,6-8,10H2,1H3,(H,16,17,18)/t13-/m0/s1. The number of hydrogen-bond acceptors (Lipinski definition) is 5. The number of hydrogen-bond donors (Lipinski definition) is 1. The summed E-state index contributed by atoms with van der Waals surface area (Å²) in [7, 11) is 0. The van der Waals surface area contributed by atoms with Crippen LogP contribution in [-0.2, 0) is 16.0 Å². The number of nitrogens with one attached hydrogen (secondary N) is 1. The van der Waals surface area contributed by atoms with Crippen LogP contribution in [0.1, 0.15) is 35.5 Å². The van der Waals surface area contributed by atoms with Crippen molar-refractivity contribution in [2.75, 3.05) is 19.7 Å². The fraction of sp³-hybridized carbons (Fsp3) is 0.533. The van der Waals surface area contributed by atoms with Crippen molar-refractivity contribution < 1.29 is 9.53 Å². The number of aromatic amines is 1. The van der Waals surface area contributed by atoms with Gasteiger partial charge in [0.2, 0.25) is 5.91 Å². The minimum Gasteiger partial charge on any atom is -0.366 e. The average molecular weight is 320 g/mol. The molecule has 1 amide bonds. The second-order valence-corrected chi connectivity index (χ2v) is 6.44. The van der Waals surface area contributed by atoms with E-state index in [2.05, 4.69) is 26.6 Å². The summed E-state index contributed by atoms with van der Waals surface area (Å²) >= 11 is 1.75. The van der Waals surface area contributed by atoms with E-state index in [-0.39, 0.29) is 12.0 Å². The third-order valence-electron chi connectivity index (χ3n) is 3.72. The molecule has 1 saturated heterocycles. The normalized spacial score (nSPS) is 18.6. The Balaban J connectivity index is 1.49. The van der Waals surface area contributed by atoms with E-state index in [1.165, 1.54) is 4.88 Å². The molecular weight excluding hydrogens is 300 g/mol. The van der Waals surface area contributed by atoms with Gasteiger partial charge in [-0.2, -0.15) is 5.10 Å². The number of nitrogens with zero attached hydrogens (tertiary/aromatic N) is 3. The van der Waals surface area contributed by atoms with Crippen molar-refractivity contribution in [2.45, 2.75) is 32.3 Å². The minimum absolute atomic E-state index is 0.192. The lowest BCUT2D eigenvalue weighted by Gasteiger charge is -2.31. The topological polar surface area (TPSA) is 71.1 Å². The molecule has 0 aliphatic carbocycles. The van der Waals surface area contributed by atoms with Crippen LogP contribution in [0.15, 0.2) is 17.5 Å². The van der Waals surface area contributed by atoms with E-state index < -0.39 is 0 Å². The van der Waals surface area contributed by atoms with Crippen LogP contribution in [0.4, 0.5) is 0 Å². The summed E-state index contributed by atoms with van der Waals surface area (Å²) in [5.74, 6) is 1.59. The van der Waals surface area contributed by atoms with Gasteiger partial charge in [-0.3, -0.25) is 9.89 Å².